The zero-order valence-electron chi connectivity index (χ0n) is 13.9. The first kappa shape index (κ1) is 15.7. The summed E-state index contributed by atoms with van der Waals surface area (Å²) in [6.07, 6.45) is 1.08. The van der Waals surface area contributed by atoms with E-state index in [4.69, 9.17) is 0 Å². The van der Waals surface area contributed by atoms with Crippen molar-refractivity contribution >= 4 is 11.7 Å². The number of ketones is 1. The van der Waals surface area contributed by atoms with Crippen LogP contribution in [0.4, 0.5) is 0 Å². The predicted octanol–water partition coefficient (Wildman–Crippen LogP) is 2.54. The van der Waals surface area contributed by atoms with Gasteiger partial charge in [0, 0.05) is 19.0 Å². The minimum absolute atomic E-state index is 0.0195. The number of hydrogen-bond acceptors (Lipinski definition) is 3. The van der Waals surface area contributed by atoms with Crippen LogP contribution in [0.2, 0.25) is 0 Å². The molecule has 4 nitrogen and oxygen atoms in total. The minimum Gasteiger partial charge on any atom is -0.345 e. The molecule has 3 atom stereocenters. The monoisotopic (exact) mass is 310 g/mol. The number of amides is 1. The van der Waals surface area contributed by atoms with Gasteiger partial charge in [-0.15, -0.1) is 0 Å². The van der Waals surface area contributed by atoms with Crippen LogP contribution in [0.5, 0.6) is 0 Å². The number of benzene rings is 1. The first-order chi connectivity index (χ1) is 10.9. The highest BCUT2D eigenvalue weighted by Gasteiger charge is 2.63. The summed E-state index contributed by atoms with van der Waals surface area (Å²) in [6.45, 7) is 4.46. The Kier molecular flexibility index (Phi) is 3.55. The number of fused-ring (bicyclic) bond motifs is 1. The van der Waals surface area contributed by atoms with E-state index in [1.807, 2.05) is 51.2 Å². The Balaban J connectivity index is 2.25. The molecule has 3 rings (SSSR count). The van der Waals surface area contributed by atoms with Gasteiger partial charge < -0.3 is 4.90 Å². The lowest BCUT2D eigenvalue weighted by Crippen LogP contribution is -2.64. The fraction of sp³-hybridized carbons (Fsp3) is 0.526. The molecule has 0 spiro atoms. The van der Waals surface area contributed by atoms with E-state index in [2.05, 4.69) is 6.07 Å². The maximum absolute atomic E-state index is 13.2. The number of carbonyl (C=O) groups excluding carboxylic acids is 2. The summed E-state index contributed by atoms with van der Waals surface area (Å²) in [5, 5.41) is 9.50. The van der Waals surface area contributed by atoms with Crippen LogP contribution in [0.1, 0.15) is 32.3 Å². The number of piperidine rings is 1. The number of hydrogen-bond donors (Lipinski definition) is 0. The van der Waals surface area contributed by atoms with Crippen LogP contribution >= 0.6 is 0 Å². The van der Waals surface area contributed by atoms with Crippen molar-refractivity contribution in [1.82, 2.24) is 4.90 Å². The molecule has 1 aliphatic carbocycles. The summed E-state index contributed by atoms with van der Waals surface area (Å²) in [5.41, 5.74) is -0.514. The Labute approximate surface area is 137 Å². The van der Waals surface area contributed by atoms with Crippen molar-refractivity contribution in [3.63, 3.8) is 0 Å². The third kappa shape index (κ3) is 2.03. The summed E-state index contributed by atoms with van der Waals surface area (Å²) in [7, 11) is 1.81. The zero-order valence-corrected chi connectivity index (χ0v) is 13.9. The van der Waals surface area contributed by atoms with Gasteiger partial charge in [0.15, 0.2) is 5.78 Å². The van der Waals surface area contributed by atoms with Crippen LogP contribution in [-0.2, 0) is 15.0 Å². The molecule has 2 fully saturated rings. The average Bonchev–Trinajstić information content (AvgIpc) is 2.55. The van der Waals surface area contributed by atoms with E-state index in [0.29, 0.717) is 13.0 Å². The van der Waals surface area contributed by atoms with Crippen molar-refractivity contribution in [3.05, 3.63) is 35.9 Å². The van der Waals surface area contributed by atoms with E-state index in [0.717, 1.165) is 12.0 Å². The molecule has 0 aromatic heterocycles. The molecular formula is C19H22N2O2. The molecule has 1 heterocycles. The van der Waals surface area contributed by atoms with Crippen molar-refractivity contribution < 1.29 is 9.59 Å². The quantitative estimate of drug-likeness (QED) is 0.801. The van der Waals surface area contributed by atoms with Crippen LogP contribution < -0.4 is 0 Å². The second-order valence-electron chi connectivity index (χ2n) is 7.38. The lowest BCUT2D eigenvalue weighted by Gasteiger charge is -2.55. The maximum atomic E-state index is 13.2. The highest BCUT2D eigenvalue weighted by atomic mass is 16.2. The fourth-order valence-electron chi connectivity index (χ4n) is 4.68. The first-order valence-corrected chi connectivity index (χ1v) is 8.10. The highest BCUT2D eigenvalue weighted by molar-refractivity contribution is 5.97. The van der Waals surface area contributed by atoms with Crippen molar-refractivity contribution in [1.29, 1.82) is 5.26 Å². The Morgan fingerprint density at radius 2 is 1.87 bits per heavy atom. The molecule has 1 saturated heterocycles. The fourth-order valence-corrected chi connectivity index (χ4v) is 4.68. The highest BCUT2D eigenvalue weighted by Crippen LogP contribution is 2.56. The standard InChI is InChI=1S/C19H22N2O2/c1-18(2)15-9-10-21(3)17(23)19(15,11-13(12-20)16(18)22)14-7-5-4-6-8-14/h4-8,13,15H,9-11H2,1-3H3/t13?,15-,19?/m0/s1. The number of nitriles is 1. The van der Waals surface area contributed by atoms with Crippen molar-refractivity contribution in [2.75, 3.05) is 13.6 Å². The van der Waals surface area contributed by atoms with E-state index in [1.54, 1.807) is 4.90 Å². The first-order valence-electron chi connectivity index (χ1n) is 8.10. The SMILES string of the molecule is CN1CC[C@H]2C(C)(C)C(=O)C(C#N)CC2(c2ccccc2)C1=O. The van der Waals surface area contributed by atoms with Crippen LogP contribution in [-0.4, -0.2) is 30.2 Å². The number of rotatable bonds is 1. The second-order valence-corrected chi connectivity index (χ2v) is 7.38. The Hall–Kier alpha value is -2.15. The van der Waals surface area contributed by atoms with Crippen molar-refractivity contribution in [2.45, 2.75) is 32.1 Å². The van der Waals surface area contributed by atoms with Gasteiger partial charge in [0.1, 0.15) is 5.92 Å². The van der Waals surface area contributed by atoms with E-state index < -0.39 is 16.7 Å². The van der Waals surface area contributed by atoms with Gasteiger partial charge in [0.05, 0.1) is 11.5 Å². The molecule has 2 unspecified atom stereocenters. The number of carbonyl (C=O) groups is 2. The van der Waals surface area contributed by atoms with E-state index in [9.17, 15) is 14.9 Å². The van der Waals surface area contributed by atoms with Gasteiger partial charge >= 0.3 is 0 Å². The summed E-state index contributed by atoms with van der Waals surface area (Å²) in [5.74, 6) is -0.773. The summed E-state index contributed by atoms with van der Waals surface area (Å²) in [4.78, 5) is 27.7. The predicted molar refractivity (Wildman–Crippen MR) is 86.4 cm³/mol. The van der Waals surface area contributed by atoms with Gasteiger partial charge in [0.2, 0.25) is 5.91 Å². The van der Waals surface area contributed by atoms with Gasteiger partial charge in [-0.1, -0.05) is 44.2 Å². The molecule has 0 bridgehead atoms. The molecule has 4 heteroatoms. The van der Waals surface area contributed by atoms with Crippen LogP contribution in [0.3, 0.4) is 0 Å². The second kappa shape index (κ2) is 5.19. The largest absolute Gasteiger partial charge is 0.345 e. The smallest absolute Gasteiger partial charge is 0.233 e. The van der Waals surface area contributed by atoms with Crippen LogP contribution in [0.25, 0.3) is 0 Å². The Bertz CT molecular complexity index is 689. The third-order valence-corrected chi connectivity index (χ3v) is 5.87. The van der Waals surface area contributed by atoms with E-state index in [1.165, 1.54) is 0 Å². The maximum Gasteiger partial charge on any atom is 0.233 e. The molecule has 0 radical (unpaired) electrons. The molecule has 1 amide bonds. The van der Waals surface area contributed by atoms with Crippen molar-refractivity contribution in [3.8, 4) is 6.07 Å². The zero-order chi connectivity index (χ0) is 16.8. The number of Topliss-reactive ketones (excluding diaryl/α,β-unsaturated/α-hetero) is 1. The number of likely N-dealkylation sites (tertiary alicyclic amines) is 1. The molecule has 1 saturated carbocycles. The van der Waals surface area contributed by atoms with Crippen molar-refractivity contribution in [2.24, 2.45) is 17.3 Å². The molecule has 23 heavy (non-hydrogen) atoms. The van der Waals surface area contributed by atoms with Crippen LogP contribution in [0.15, 0.2) is 30.3 Å². The summed E-state index contributed by atoms with van der Waals surface area (Å²) in [6, 6.07) is 11.8. The molecule has 1 aromatic rings. The van der Waals surface area contributed by atoms with Crippen LogP contribution in [0, 0.1) is 28.6 Å². The summed E-state index contributed by atoms with van der Waals surface area (Å²) < 4.78 is 0. The van der Waals surface area contributed by atoms with Gasteiger partial charge in [0.25, 0.3) is 0 Å². The minimum atomic E-state index is -0.772. The van der Waals surface area contributed by atoms with E-state index >= 15 is 0 Å². The lowest BCUT2D eigenvalue weighted by atomic mass is 9.48. The van der Waals surface area contributed by atoms with E-state index in [-0.39, 0.29) is 17.6 Å². The molecule has 1 aliphatic heterocycles. The molecule has 120 valence electrons. The molecule has 2 aliphatic rings. The topological polar surface area (TPSA) is 61.2 Å². The Morgan fingerprint density at radius 3 is 2.48 bits per heavy atom. The molecular weight excluding hydrogens is 288 g/mol. The average molecular weight is 310 g/mol. The van der Waals surface area contributed by atoms with Gasteiger partial charge in [-0.3, -0.25) is 9.59 Å². The number of likely N-dealkylation sites (N-methyl/N-ethyl adjacent to an activating group) is 1. The third-order valence-electron chi connectivity index (χ3n) is 5.87. The molecule has 1 aromatic carbocycles. The van der Waals surface area contributed by atoms with Gasteiger partial charge in [-0.25, -0.2) is 0 Å². The Morgan fingerprint density at radius 1 is 1.22 bits per heavy atom. The summed E-state index contributed by atoms with van der Waals surface area (Å²) >= 11 is 0. The lowest BCUT2D eigenvalue weighted by molar-refractivity contribution is -0.158. The molecule has 0 N–H and O–H groups in total. The number of nitrogens with zero attached hydrogens (tertiary/aromatic N) is 2. The van der Waals surface area contributed by atoms with Gasteiger partial charge in [-0.2, -0.15) is 5.26 Å². The van der Waals surface area contributed by atoms with Gasteiger partial charge in [-0.05, 0) is 24.3 Å². The normalized spacial score (nSPS) is 33.0.